The van der Waals surface area contributed by atoms with Gasteiger partial charge in [0.25, 0.3) is 0 Å². The van der Waals surface area contributed by atoms with E-state index in [9.17, 15) is 14.4 Å². The number of hydrogen-bond donors (Lipinski definition) is 0. The summed E-state index contributed by atoms with van der Waals surface area (Å²) in [6.45, 7) is 8.94. The van der Waals surface area contributed by atoms with Crippen molar-refractivity contribution in [2.24, 2.45) is 17.3 Å². The summed E-state index contributed by atoms with van der Waals surface area (Å²) < 4.78 is 8.19. The first-order chi connectivity index (χ1) is 12.7. The Morgan fingerprint density at radius 1 is 1.30 bits per heavy atom. The van der Waals surface area contributed by atoms with Gasteiger partial charge in [0.05, 0.1) is 12.0 Å². The van der Waals surface area contributed by atoms with Crippen LogP contribution in [0.4, 0.5) is 0 Å². The summed E-state index contributed by atoms with van der Waals surface area (Å²) in [6, 6.07) is 1.60. The SMILES string of the molecule is CCn1ccc(=S)n(C(=O)CCCCCOC(=O)C2(C)CC(C)C2C)c1=O. The van der Waals surface area contributed by atoms with Crippen LogP contribution >= 0.6 is 12.2 Å². The fraction of sp³-hybridized carbons (Fsp3) is 0.700. The summed E-state index contributed by atoms with van der Waals surface area (Å²) in [6.07, 6.45) is 4.82. The molecular weight excluding hydrogens is 364 g/mol. The van der Waals surface area contributed by atoms with Gasteiger partial charge in [0.2, 0.25) is 5.91 Å². The van der Waals surface area contributed by atoms with E-state index in [2.05, 4.69) is 13.8 Å². The van der Waals surface area contributed by atoms with Crippen molar-refractivity contribution in [1.82, 2.24) is 9.13 Å². The molecule has 27 heavy (non-hydrogen) atoms. The molecule has 1 fully saturated rings. The van der Waals surface area contributed by atoms with Crippen molar-refractivity contribution >= 4 is 24.1 Å². The lowest BCUT2D eigenvalue weighted by Gasteiger charge is -2.48. The highest BCUT2D eigenvalue weighted by Crippen LogP contribution is 2.51. The predicted molar refractivity (Wildman–Crippen MR) is 106 cm³/mol. The highest BCUT2D eigenvalue weighted by atomic mass is 32.1. The molecule has 1 aliphatic rings. The number of nitrogens with zero attached hydrogens (tertiary/aromatic N) is 2. The molecule has 0 radical (unpaired) electrons. The number of aryl methyl sites for hydroxylation is 1. The Balaban J connectivity index is 1.73. The molecule has 1 saturated carbocycles. The maximum atomic E-state index is 12.3. The predicted octanol–water partition coefficient (Wildman–Crippen LogP) is 3.83. The lowest BCUT2D eigenvalue weighted by Crippen LogP contribution is -2.49. The third-order valence-corrected chi connectivity index (χ3v) is 6.30. The van der Waals surface area contributed by atoms with Gasteiger partial charge in [-0.1, -0.05) is 26.1 Å². The number of esters is 1. The molecular formula is C20H30N2O4S. The van der Waals surface area contributed by atoms with Crippen molar-refractivity contribution in [1.29, 1.82) is 0 Å². The fourth-order valence-corrected chi connectivity index (χ4v) is 3.99. The van der Waals surface area contributed by atoms with E-state index in [-0.39, 0.29) is 34.0 Å². The van der Waals surface area contributed by atoms with E-state index in [0.717, 1.165) is 17.4 Å². The Morgan fingerprint density at radius 3 is 2.59 bits per heavy atom. The van der Waals surface area contributed by atoms with E-state index in [4.69, 9.17) is 17.0 Å². The summed E-state index contributed by atoms with van der Waals surface area (Å²) in [5.74, 6) is 0.523. The van der Waals surface area contributed by atoms with Crippen molar-refractivity contribution in [2.45, 2.75) is 66.3 Å². The molecule has 0 aromatic carbocycles. The van der Waals surface area contributed by atoms with Crippen molar-refractivity contribution in [3.8, 4) is 0 Å². The molecule has 0 aliphatic heterocycles. The highest BCUT2D eigenvalue weighted by Gasteiger charge is 2.51. The lowest BCUT2D eigenvalue weighted by atomic mass is 9.56. The zero-order chi connectivity index (χ0) is 20.2. The van der Waals surface area contributed by atoms with Crippen LogP contribution in [0.15, 0.2) is 17.1 Å². The Bertz CT molecular complexity index is 813. The zero-order valence-electron chi connectivity index (χ0n) is 16.7. The van der Waals surface area contributed by atoms with E-state index in [0.29, 0.717) is 37.8 Å². The molecule has 0 bridgehead atoms. The normalized spacial score (nSPS) is 24.3. The van der Waals surface area contributed by atoms with Crippen LogP contribution in [0.3, 0.4) is 0 Å². The molecule has 1 aromatic heterocycles. The number of carbonyl (C=O) groups is 2. The van der Waals surface area contributed by atoms with E-state index in [1.54, 1.807) is 12.3 Å². The first-order valence-electron chi connectivity index (χ1n) is 9.75. The van der Waals surface area contributed by atoms with Gasteiger partial charge in [0.1, 0.15) is 4.64 Å². The molecule has 150 valence electrons. The summed E-state index contributed by atoms with van der Waals surface area (Å²) >= 11 is 5.11. The molecule has 7 heteroatoms. The van der Waals surface area contributed by atoms with Gasteiger partial charge in [0, 0.05) is 19.2 Å². The quantitative estimate of drug-likeness (QED) is 0.381. The van der Waals surface area contributed by atoms with Crippen LogP contribution in [0.5, 0.6) is 0 Å². The van der Waals surface area contributed by atoms with Gasteiger partial charge in [-0.3, -0.25) is 9.59 Å². The van der Waals surface area contributed by atoms with E-state index >= 15 is 0 Å². The van der Waals surface area contributed by atoms with E-state index < -0.39 is 0 Å². The second-order valence-electron chi connectivity index (χ2n) is 7.79. The Kier molecular flexibility index (Phi) is 7.14. The molecule has 0 N–H and O–H groups in total. The fourth-order valence-electron chi connectivity index (χ4n) is 3.75. The largest absolute Gasteiger partial charge is 0.465 e. The average molecular weight is 395 g/mol. The Labute approximate surface area is 165 Å². The molecule has 0 saturated heterocycles. The van der Waals surface area contributed by atoms with Crippen LogP contribution in [-0.4, -0.2) is 27.6 Å². The summed E-state index contributed by atoms with van der Waals surface area (Å²) in [5, 5.41) is 0. The molecule has 3 atom stereocenters. The van der Waals surface area contributed by atoms with Crippen LogP contribution in [0, 0.1) is 21.9 Å². The second kappa shape index (κ2) is 8.95. The van der Waals surface area contributed by atoms with Gasteiger partial charge in [-0.15, -0.1) is 0 Å². The van der Waals surface area contributed by atoms with Gasteiger partial charge in [-0.05, 0) is 57.4 Å². The number of carbonyl (C=O) groups excluding carboxylic acids is 2. The first-order valence-corrected chi connectivity index (χ1v) is 10.2. The summed E-state index contributed by atoms with van der Waals surface area (Å²) in [4.78, 5) is 36.8. The zero-order valence-corrected chi connectivity index (χ0v) is 17.5. The smallest absolute Gasteiger partial charge is 0.336 e. The van der Waals surface area contributed by atoms with Crippen molar-refractivity contribution in [3.63, 3.8) is 0 Å². The minimum atomic E-state index is -0.388. The van der Waals surface area contributed by atoms with Crippen LogP contribution in [0.25, 0.3) is 0 Å². The number of aromatic nitrogens is 2. The number of unbranched alkanes of at least 4 members (excludes halogenated alkanes) is 2. The maximum Gasteiger partial charge on any atom is 0.336 e. The van der Waals surface area contributed by atoms with E-state index in [1.165, 1.54) is 4.57 Å². The van der Waals surface area contributed by atoms with Crippen LogP contribution in [0.1, 0.15) is 64.6 Å². The number of rotatable bonds is 8. The summed E-state index contributed by atoms with van der Waals surface area (Å²) in [7, 11) is 0. The third-order valence-electron chi connectivity index (χ3n) is 5.98. The third kappa shape index (κ3) is 4.57. The average Bonchev–Trinajstić information content (AvgIpc) is 2.64. The minimum Gasteiger partial charge on any atom is -0.465 e. The van der Waals surface area contributed by atoms with Gasteiger partial charge in [-0.25, -0.2) is 9.36 Å². The van der Waals surface area contributed by atoms with Gasteiger partial charge < -0.3 is 9.30 Å². The van der Waals surface area contributed by atoms with Crippen molar-refractivity contribution in [3.05, 3.63) is 27.4 Å². The minimum absolute atomic E-state index is 0.111. The molecule has 1 heterocycles. The van der Waals surface area contributed by atoms with Gasteiger partial charge >= 0.3 is 11.7 Å². The Hall–Kier alpha value is -1.76. The summed E-state index contributed by atoms with van der Waals surface area (Å²) in [5.41, 5.74) is -0.737. The molecule has 6 nitrogen and oxygen atoms in total. The second-order valence-corrected chi connectivity index (χ2v) is 8.20. The Morgan fingerprint density at radius 2 is 2.00 bits per heavy atom. The molecule has 1 aromatic rings. The molecule has 0 amide bonds. The molecule has 0 spiro atoms. The number of ether oxygens (including phenoxy) is 1. The molecule has 3 unspecified atom stereocenters. The van der Waals surface area contributed by atoms with Crippen LogP contribution in [-0.2, 0) is 16.1 Å². The van der Waals surface area contributed by atoms with Crippen molar-refractivity contribution in [2.75, 3.05) is 6.61 Å². The first kappa shape index (κ1) is 21.5. The highest BCUT2D eigenvalue weighted by molar-refractivity contribution is 7.71. The topological polar surface area (TPSA) is 70.3 Å². The maximum absolute atomic E-state index is 12.3. The van der Waals surface area contributed by atoms with Crippen LogP contribution in [0.2, 0.25) is 0 Å². The lowest BCUT2D eigenvalue weighted by molar-refractivity contribution is -0.170. The number of hydrogen-bond acceptors (Lipinski definition) is 5. The standard InChI is InChI=1S/C20H30N2O4S/c1-5-21-11-10-17(27)22(19(21)25)16(23)9-7-6-8-12-26-18(24)20(4)13-14(2)15(20)3/h10-11,14-15H,5-9,12-13H2,1-4H3. The monoisotopic (exact) mass is 394 g/mol. The van der Waals surface area contributed by atoms with Crippen LogP contribution < -0.4 is 5.69 Å². The molecule has 2 rings (SSSR count). The van der Waals surface area contributed by atoms with Crippen molar-refractivity contribution < 1.29 is 14.3 Å². The van der Waals surface area contributed by atoms with Gasteiger partial charge in [-0.2, -0.15) is 0 Å². The van der Waals surface area contributed by atoms with Gasteiger partial charge in [0.15, 0.2) is 0 Å². The molecule has 1 aliphatic carbocycles. The van der Waals surface area contributed by atoms with E-state index in [1.807, 2.05) is 13.8 Å².